The maximum atomic E-state index is 5.22. The van der Waals surface area contributed by atoms with E-state index in [2.05, 4.69) is 46.0 Å². The summed E-state index contributed by atoms with van der Waals surface area (Å²) in [7, 11) is 1.70. The third-order valence-electron chi connectivity index (χ3n) is 4.49. The number of benzene rings is 1. The van der Waals surface area contributed by atoms with Crippen LogP contribution in [0.5, 0.6) is 5.75 Å². The van der Waals surface area contributed by atoms with Gasteiger partial charge >= 0.3 is 0 Å². The Morgan fingerprint density at radius 3 is 2.18 bits per heavy atom. The SMILES string of the molecule is COc1ccc(N2CCN(C(C)c3ccncc3)CC2)cc1. The average Bonchev–Trinajstić information content (AvgIpc) is 2.62. The van der Waals surface area contributed by atoms with Crippen LogP contribution in [-0.2, 0) is 0 Å². The molecule has 1 aromatic heterocycles. The van der Waals surface area contributed by atoms with Crippen molar-refractivity contribution in [2.75, 3.05) is 38.2 Å². The topological polar surface area (TPSA) is 28.6 Å². The molecule has 1 aromatic carbocycles. The first-order valence-electron chi connectivity index (χ1n) is 7.81. The molecule has 2 heterocycles. The summed E-state index contributed by atoms with van der Waals surface area (Å²) in [4.78, 5) is 9.08. The molecule has 4 nitrogen and oxygen atoms in total. The van der Waals surface area contributed by atoms with Gasteiger partial charge in [-0.1, -0.05) is 0 Å². The van der Waals surface area contributed by atoms with Gasteiger partial charge in [-0.25, -0.2) is 0 Å². The molecule has 0 aliphatic carbocycles. The fraction of sp³-hybridized carbons (Fsp3) is 0.389. The third kappa shape index (κ3) is 3.22. The van der Waals surface area contributed by atoms with Crippen LogP contribution in [-0.4, -0.2) is 43.2 Å². The van der Waals surface area contributed by atoms with E-state index in [1.807, 2.05) is 24.5 Å². The first-order valence-corrected chi connectivity index (χ1v) is 7.81. The Kier molecular flexibility index (Phi) is 4.59. The largest absolute Gasteiger partial charge is 0.497 e. The quantitative estimate of drug-likeness (QED) is 0.867. The van der Waals surface area contributed by atoms with Crippen molar-refractivity contribution in [3.05, 3.63) is 54.4 Å². The Balaban J connectivity index is 1.60. The highest BCUT2D eigenvalue weighted by Gasteiger charge is 2.22. The number of methoxy groups -OCH3 is 1. The molecule has 0 saturated carbocycles. The second kappa shape index (κ2) is 6.79. The first kappa shape index (κ1) is 14.9. The monoisotopic (exact) mass is 297 g/mol. The van der Waals surface area contributed by atoms with Crippen LogP contribution < -0.4 is 9.64 Å². The lowest BCUT2D eigenvalue weighted by molar-refractivity contribution is 0.198. The summed E-state index contributed by atoms with van der Waals surface area (Å²) in [6.07, 6.45) is 3.75. The molecule has 0 amide bonds. The Hall–Kier alpha value is -2.07. The minimum absolute atomic E-state index is 0.445. The van der Waals surface area contributed by atoms with Gasteiger partial charge in [0, 0.05) is 50.3 Å². The van der Waals surface area contributed by atoms with Crippen LogP contribution in [0.4, 0.5) is 5.69 Å². The molecule has 0 bridgehead atoms. The molecule has 4 heteroatoms. The Morgan fingerprint density at radius 1 is 0.955 bits per heavy atom. The van der Waals surface area contributed by atoms with Gasteiger partial charge in [-0.2, -0.15) is 0 Å². The summed E-state index contributed by atoms with van der Waals surface area (Å²) in [6, 6.07) is 13.0. The number of pyridine rings is 1. The number of hydrogen-bond donors (Lipinski definition) is 0. The molecular weight excluding hydrogens is 274 g/mol. The van der Waals surface area contributed by atoms with Crippen molar-refractivity contribution in [3.63, 3.8) is 0 Å². The van der Waals surface area contributed by atoms with E-state index in [1.165, 1.54) is 11.3 Å². The van der Waals surface area contributed by atoms with E-state index < -0.39 is 0 Å². The number of aromatic nitrogens is 1. The number of piperazine rings is 1. The van der Waals surface area contributed by atoms with Crippen LogP contribution in [0.3, 0.4) is 0 Å². The molecule has 0 radical (unpaired) electrons. The number of nitrogens with zero attached hydrogens (tertiary/aromatic N) is 3. The normalized spacial score (nSPS) is 17.3. The zero-order chi connectivity index (χ0) is 15.4. The van der Waals surface area contributed by atoms with Gasteiger partial charge in [0.05, 0.1) is 7.11 Å². The lowest BCUT2D eigenvalue weighted by Crippen LogP contribution is -2.47. The van der Waals surface area contributed by atoms with Gasteiger partial charge in [0.2, 0.25) is 0 Å². The van der Waals surface area contributed by atoms with Crippen molar-refractivity contribution in [3.8, 4) is 5.75 Å². The zero-order valence-corrected chi connectivity index (χ0v) is 13.3. The molecule has 1 unspecified atom stereocenters. The molecular formula is C18H23N3O. The first-order chi connectivity index (χ1) is 10.8. The van der Waals surface area contributed by atoms with Gasteiger partial charge < -0.3 is 9.64 Å². The molecule has 1 aliphatic heterocycles. The van der Waals surface area contributed by atoms with Crippen molar-refractivity contribution in [1.29, 1.82) is 0 Å². The van der Waals surface area contributed by atoms with E-state index in [-0.39, 0.29) is 0 Å². The van der Waals surface area contributed by atoms with Crippen LogP contribution in [0.25, 0.3) is 0 Å². The van der Waals surface area contributed by atoms with Gasteiger partial charge in [-0.3, -0.25) is 9.88 Å². The van der Waals surface area contributed by atoms with Crippen molar-refractivity contribution in [2.45, 2.75) is 13.0 Å². The molecule has 0 N–H and O–H groups in total. The molecule has 3 rings (SSSR count). The second-order valence-corrected chi connectivity index (χ2v) is 5.68. The summed E-state index contributed by atoms with van der Waals surface area (Å²) in [5.74, 6) is 0.911. The van der Waals surface area contributed by atoms with Crippen molar-refractivity contribution in [2.24, 2.45) is 0 Å². The summed E-state index contributed by atoms with van der Waals surface area (Å²) in [6.45, 7) is 6.55. The van der Waals surface area contributed by atoms with Crippen LogP contribution in [0.1, 0.15) is 18.5 Å². The Labute approximate surface area is 132 Å². The molecule has 1 aliphatic rings. The second-order valence-electron chi connectivity index (χ2n) is 5.68. The zero-order valence-electron chi connectivity index (χ0n) is 13.3. The highest BCUT2D eigenvalue weighted by Crippen LogP contribution is 2.24. The van der Waals surface area contributed by atoms with Crippen LogP contribution in [0.15, 0.2) is 48.8 Å². The maximum Gasteiger partial charge on any atom is 0.119 e. The van der Waals surface area contributed by atoms with Gasteiger partial charge in [0.1, 0.15) is 5.75 Å². The Bertz CT molecular complexity index is 577. The maximum absolute atomic E-state index is 5.22. The molecule has 1 fully saturated rings. The van der Waals surface area contributed by atoms with Crippen molar-refractivity contribution < 1.29 is 4.74 Å². The minimum atomic E-state index is 0.445. The number of hydrogen-bond acceptors (Lipinski definition) is 4. The van der Waals surface area contributed by atoms with Gasteiger partial charge in [-0.05, 0) is 48.9 Å². The van der Waals surface area contributed by atoms with Crippen LogP contribution >= 0.6 is 0 Å². The summed E-state index contributed by atoms with van der Waals surface area (Å²) in [5, 5.41) is 0. The highest BCUT2D eigenvalue weighted by atomic mass is 16.5. The molecule has 22 heavy (non-hydrogen) atoms. The number of rotatable bonds is 4. The number of ether oxygens (including phenoxy) is 1. The lowest BCUT2D eigenvalue weighted by Gasteiger charge is -2.39. The highest BCUT2D eigenvalue weighted by molar-refractivity contribution is 5.49. The van der Waals surface area contributed by atoms with Crippen LogP contribution in [0.2, 0.25) is 0 Å². The smallest absolute Gasteiger partial charge is 0.119 e. The molecule has 1 saturated heterocycles. The van der Waals surface area contributed by atoms with E-state index in [0.29, 0.717) is 6.04 Å². The predicted molar refractivity (Wildman–Crippen MR) is 89.4 cm³/mol. The summed E-state index contributed by atoms with van der Waals surface area (Å²) >= 11 is 0. The van der Waals surface area contributed by atoms with Crippen molar-refractivity contribution >= 4 is 5.69 Å². The predicted octanol–water partition coefficient (Wildman–Crippen LogP) is 2.97. The van der Waals surface area contributed by atoms with Gasteiger partial charge in [-0.15, -0.1) is 0 Å². The van der Waals surface area contributed by atoms with Gasteiger partial charge in [0.15, 0.2) is 0 Å². The lowest BCUT2D eigenvalue weighted by atomic mass is 10.1. The van der Waals surface area contributed by atoms with Crippen molar-refractivity contribution in [1.82, 2.24) is 9.88 Å². The molecule has 116 valence electrons. The van der Waals surface area contributed by atoms with E-state index in [0.717, 1.165) is 31.9 Å². The van der Waals surface area contributed by atoms with E-state index in [1.54, 1.807) is 7.11 Å². The molecule has 1 atom stereocenters. The van der Waals surface area contributed by atoms with Crippen LogP contribution in [0, 0.1) is 0 Å². The molecule has 2 aromatic rings. The fourth-order valence-electron chi connectivity index (χ4n) is 3.01. The third-order valence-corrected chi connectivity index (χ3v) is 4.49. The summed E-state index contributed by atoms with van der Waals surface area (Å²) < 4.78 is 5.22. The summed E-state index contributed by atoms with van der Waals surface area (Å²) in [5.41, 5.74) is 2.62. The number of anilines is 1. The van der Waals surface area contributed by atoms with Gasteiger partial charge in [0.25, 0.3) is 0 Å². The van der Waals surface area contributed by atoms with E-state index in [9.17, 15) is 0 Å². The standard InChI is InChI=1S/C18H23N3O/c1-15(16-7-9-19-10-8-16)20-11-13-21(14-12-20)17-3-5-18(22-2)6-4-17/h3-10,15H,11-14H2,1-2H3. The average molecular weight is 297 g/mol. The minimum Gasteiger partial charge on any atom is -0.497 e. The fourth-order valence-corrected chi connectivity index (χ4v) is 3.01. The van der Waals surface area contributed by atoms with E-state index >= 15 is 0 Å². The van der Waals surface area contributed by atoms with E-state index in [4.69, 9.17) is 4.74 Å². The Morgan fingerprint density at radius 2 is 1.59 bits per heavy atom. The molecule has 0 spiro atoms.